The van der Waals surface area contributed by atoms with Gasteiger partial charge in [-0.25, -0.2) is 0 Å². The second kappa shape index (κ2) is 5.91. The van der Waals surface area contributed by atoms with E-state index in [2.05, 4.69) is 20.9 Å². The number of hydrogen-bond donors (Lipinski definition) is 2. The van der Waals surface area contributed by atoms with Gasteiger partial charge in [0.1, 0.15) is 0 Å². The van der Waals surface area contributed by atoms with E-state index in [1.165, 1.54) is 0 Å². The lowest BCUT2D eigenvalue weighted by Gasteiger charge is -2.11. The summed E-state index contributed by atoms with van der Waals surface area (Å²) in [4.78, 5) is 5.36. The van der Waals surface area contributed by atoms with Crippen LogP contribution in [0.4, 0.5) is 5.69 Å². The Morgan fingerprint density at radius 3 is 3.00 bits per heavy atom. The molecule has 3 N–H and O–H groups in total. The molecule has 3 nitrogen and oxygen atoms in total. The third kappa shape index (κ3) is 2.96. The van der Waals surface area contributed by atoms with Crippen molar-refractivity contribution in [3.8, 4) is 0 Å². The maximum absolute atomic E-state index is 9.08. The number of benzene rings is 1. The minimum atomic E-state index is 0.194. The zero-order valence-corrected chi connectivity index (χ0v) is 12.5. The van der Waals surface area contributed by atoms with Gasteiger partial charge in [-0.15, -0.1) is 11.8 Å². The molecule has 0 bridgehead atoms. The van der Waals surface area contributed by atoms with Crippen LogP contribution < -0.4 is 5.73 Å². The minimum Gasteiger partial charge on any atom is -0.397 e. The Bertz CT molecular complexity index is 557. The molecule has 0 aliphatic heterocycles. The lowest BCUT2D eigenvalue weighted by molar-refractivity contribution is 0.250. The van der Waals surface area contributed by atoms with Crippen molar-refractivity contribution in [2.24, 2.45) is 5.92 Å². The third-order valence-corrected chi connectivity index (χ3v) is 4.61. The molecule has 5 heteroatoms. The van der Waals surface area contributed by atoms with Gasteiger partial charge in [0, 0.05) is 27.1 Å². The molecule has 0 amide bonds. The molecule has 0 fully saturated rings. The van der Waals surface area contributed by atoms with E-state index in [0.717, 1.165) is 26.0 Å². The number of pyridine rings is 1. The molecule has 1 atom stereocenters. The number of aromatic nitrogens is 1. The Labute approximate surface area is 119 Å². The van der Waals surface area contributed by atoms with Gasteiger partial charge in [0.25, 0.3) is 0 Å². The monoisotopic (exact) mass is 326 g/mol. The number of rotatable bonds is 4. The van der Waals surface area contributed by atoms with Gasteiger partial charge in [0.05, 0.1) is 17.4 Å². The van der Waals surface area contributed by atoms with E-state index in [0.29, 0.717) is 5.69 Å². The van der Waals surface area contributed by atoms with Gasteiger partial charge in [-0.05, 0) is 24.1 Å². The van der Waals surface area contributed by atoms with Crippen LogP contribution in [0.25, 0.3) is 10.9 Å². The van der Waals surface area contributed by atoms with E-state index in [4.69, 9.17) is 10.8 Å². The largest absolute Gasteiger partial charge is 0.397 e. The average Bonchev–Trinajstić information content (AvgIpc) is 2.37. The normalized spacial score (nSPS) is 12.8. The predicted octanol–water partition coefficient (Wildman–Crippen LogP) is 3.30. The minimum absolute atomic E-state index is 0.194. The highest BCUT2D eigenvalue weighted by Gasteiger charge is 2.10. The summed E-state index contributed by atoms with van der Waals surface area (Å²) in [6.07, 6.45) is 1.70. The Morgan fingerprint density at radius 1 is 1.50 bits per heavy atom. The van der Waals surface area contributed by atoms with Gasteiger partial charge >= 0.3 is 0 Å². The number of anilines is 1. The van der Waals surface area contributed by atoms with E-state index >= 15 is 0 Å². The summed E-state index contributed by atoms with van der Waals surface area (Å²) in [6.45, 7) is 2.21. The van der Waals surface area contributed by atoms with E-state index in [-0.39, 0.29) is 12.5 Å². The fraction of sp³-hybridized carbons (Fsp3) is 0.308. The van der Waals surface area contributed by atoms with Crippen molar-refractivity contribution < 1.29 is 5.11 Å². The van der Waals surface area contributed by atoms with Crippen molar-refractivity contribution in [3.63, 3.8) is 0 Å². The van der Waals surface area contributed by atoms with Crippen molar-refractivity contribution >= 4 is 44.3 Å². The highest BCUT2D eigenvalue weighted by atomic mass is 79.9. The number of hydrogen-bond acceptors (Lipinski definition) is 4. The molecule has 96 valence electrons. The van der Waals surface area contributed by atoms with E-state index < -0.39 is 0 Å². The van der Waals surface area contributed by atoms with Crippen LogP contribution in [-0.2, 0) is 0 Å². The van der Waals surface area contributed by atoms with Gasteiger partial charge in [-0.1, -0.05) is 22.9 Å². The lowest BCUT2D eigenvalue weighted by Crippen LogP contribution is -2.04. The molecule has 0 spiro atoms. The molecule has 0 aliphatic carbocycles. The Morgan fingerprint density at radius 2 is 2.28 bits per heavy atom. The standard InChI is InChI=1S/C13H15BrN2OS/c1-8(6-17)7-18-13-10-4-9(14)2-3-12(10)16-5-11(13)15/h2-5,8,17H,6-7,15H2,1H3. The second-order valence-electron chi connectivity index (χ2n) is 4.30. The second-order valence-corrected chi connectivity index (χ2v) is 6.25. The highest BCUT2D eigenvalue weighted by Crippen LogP contribution is 2.34. The van der Waals surface area contributed by atoms with Crippen LogP contribution in [0, 0.1) is 5.92 Å². The molecule has 2 aromatic rings. The maximum Gasteiger partial charge on any atom is 0.0715 e. The molecular weight excluding hydrogens is 312 g/mol. The number of aliphatic hydroxyl groups is 1. The molecular formula is C13H15BrN2OS. The van der Waals surface area contributed by atoms with Crippen LogP contribution in [0.2, 0.25) is 0 Å². The molecule has 2 rings (SSSR count). The van der Waals surface area contributed by atoms with Gasteiger partial charge in [-0.3, -0.25) is 4.98 Å². The molecule has 0 aliphatic rings. The van der Waals surface area contributed by atoms with Gasteiger partial charge < -0.3 is 10.8 Å². The molecule has 1 heterocycles. The summed E-state index contributed by atoms with van der Waals surface area (Å²) < 4.78 is 1.01. The smallest absolute Gasteiger partial charge is 0.0715 e. The first kappa shape index (κ1) is 13.6. The number of aliphatic hydroxyl groups excluding tert-OH is 1. The average molecular weight is 327 g/mol. The van der Waals surface area contributed by atoms with E-state index in [1.807, 2.05) is 25.1 Å². The van der Waals surface area contributed by atoms with Crippen molar-refractivity contribution in [1.82, 2.24) is 4.98 Å². The Balaban J connectivity index is 2.40. The van der Waals surface area contributed by atoms with Crippen molar-refractivity contribution in [3.05, 3.63) is 28.9 Å². The summed E-state index contributed by atoms with van der Waals surface area (Å²) in [6, 6.07) is 5.97. The zero-order valence-electron chi connectivity index (χ0n) is 10.1. The molecule has 18 heavy (non-hydrogen) atoms. The van der Waals surface area contributed by atoms with Crippen molar-refractivity contribution in [1.29, 1.82) is 0 Å². The zero-order chi connectivity index (χ0) is 13.1. The topological polar surface area (TPSA) is 59.1 Å². The van der Waals surface area contributed by atoms with Crippen LogP contribution in [0.5, 0.6) is 0 Å². The summed E-state index contributed by atoms with van der Waals surface area (Å²) >= 11 is 5.14. The predicted molar refractivity (Wildman–Crippen MR) is 80.8 cm³/mol. The van der Waals surface area contributed by atoms with Gasteiger partial charge in [0.2, 0.25) is 0 Å². The van der Waals surface area contributed by atoms with Crippen LogP contribution in [0.15, 0.2) is 33.8 Å². The number of nitrogens with zero attached hydrogens (tertiary/aromatic N) is 1. The van der Waals surface area contributed by atoms with Crippen LogP contribution in [-0.4, -0.2) is 22.5 Å². The number of nitrogen functional groups attached to an aromatic ring is 1. The number of fused-ring (bicyclic) bond motifs is 1. The quantitative estimate of drug-likeness (QED) is 0.846. The fourth-order valence-electron chi connectivity index (χ4n) is 1.60. The van der Waals surface area contributed by atoms with Crippen molar-refractivity contribution in [2.75, 3.05) is 18.1 Å². The van der Waals surface area contributed by atoms with Crippen LogP contribution in [0.3, 0.4) is 0 Å². The first-order chi connectivity index (χ1) is 8.61. The third-order valence-electron chi connectivity index (χ3n) is 2.63. The molecule has 0 saturated heterocycles. The molecule has 0 saturated carbocycles. The van der Waals surface area contributed by atoms with E-state index in [1.54, 1.807) is 18.0 Å². The van der Waals surface area contributed by atoms with Crippen LogP contribution in [0.1, 0.15) is 6.92 Å². The number of halogens is 1. The fourth-order valence-corrected chi connectivity index (χ4v) is 3.05. The molecule has 1 aromatic carbocycles. The van der Waals surface area contributed by atoms with E-state index in [9.17, 15) is 0 Å². The lowest BCUT2D eigenvalue weighted by atomic mass is 10.2. The maximum atomic E-state index is 9.08. The molecule has 1 unspecified atom stereocenters. The first-order valence-electron chi connectivity index (χ1n) is 5.69. The molecule has 1 aromatic heterocycles. The number of nitrogens with two attached hydrogens (primary N) is 1. The van der Waals surface area contributed by atoms with Gasteiger partial charge in [0.15, 0.2) is 0 Å². The first-order valence-corrected chi connectivity index (χ1v) is 7.47. The Kier molecular flexibility index (Phi) is 4.48. The summed E-state index contributed by atoms with van der Waals surface area (Å²) in [5.74, 6) is 1.09. The highest BCUT2D eigenvalue weighted by molar-refractivity contribution is 9.10. The van der Waals surface area contributed by atoms with Crippen molar-refractivity contribution in [2.45, 2.75) is 11.8 Å². The van der Waals surface area contributed by atoms with Crippen LogP contribution >= 0.6 is 27.7 Å². The molecule has 0 radical (unpaired) electrons. The summed E-state index contributed by atoms with van der Waals surface area (Å²) in [7, 11) is 0. The van der Waals surface area contributed by atoms with Gasteiger partial charge in [-0.2, -0.15) is 0 Å². The Hall–Kier alpha value is -0.780. The summed E-state index contributed by atoms with van der Waals surface area (Å²) in [5.41, 5.74) is 7.63. The summed E-state index contributed by atoms with van der Waals surface area (Å²) in [5, 5.41) is 10.1. The number of thioether (sulfide) groups is 1. The SMILES string of the molecule is CC(CO)CSc1c(N)cnc2ccc(Br)cc12.